The normalized spacial score (nSPS) is 12.3. The molecule has 1 atom stereocenters. The summed E-state index contributed by atoms with van der Waals surface area (Å²) >= 11 is 0. The number of benzene rings is 1. The standard InChI is InChI=1S/C15H18N2O/c1-16-14(11-13-6-2-3-8-17-13)9-12-5-4-7-15(18)10-12/h2-8,10,14,16,18H,9,11H2,1H3. The zero-order chi connectivity index (χ0) is 12.8. The Bertz CT molecular complexity index is 485. The molecule has 1 heterocycles. The van der Waals surface area contributed by atoms with Crippen molar-refractivity contribution < 1.29 is 5.11 Å². The summed E-state index contributed by atoms with van der Waals surface area (Å²) < 4.78 is 0. The van der Waals surface area contributed by atoms with E-state index in [0.717, 1.165) is 24.1 Å². The van der Waals surface area contributed by atoms with Crippen LogP contribution >= 0.6 is 0 Å². The number of hydrogen-bond acceptors (Lipinski definition) is 3. The molecular weight excluding hydrogens is 224 g/mol. The fraction of sp³-hybridized carbons (Fsp3) is 0.267. The summed E-state index contributed by atoms with van der Waals surface area (Å²) in [4.78, 5) is 4.34. The van der Waals surface area contributed by atoms with E-state index in [-0.39, 0.29) is 0 Å². The minimum Gasteiger partial charge on any atom is -0.508 e. The van der Waals surface area contributed by atoms with Crippen LogP contribution in [0, 0.1) is 0 Å². The first kappa shape index (κ1) is 12.6. The molecule has 18 heavy (non-hydrogen) atoms. The summed E-state index contributed by atoms with van der Waals surface area (Å²) in [6.07, 6.45) is 3.57. The van der Waals surface area contributed by atoms with Gasteiger partial charge in [0.05, 0.1) is 0 Å². The van der Waals surface area contributed by atoms with Crippen molar-refractivity contribution in [3.63, 3.8) is 0 Å². The topological polar surface area (TPSA) is 45.1 Å². The van der Waals surface area contributed by atoms with Crippen LogP contribution in [0.3, 0.4) is 0 Å². The van der Waals surface area contributed by atoms with Gasteiger partial charge in [-0.15, -0.1) is 0 Å². The largest absolute Gasteiger partial charge is 0.508 e. The van der Waals surface area contributed by atoms with Crippen LogP contribution in [0.4, 0.5) is 0 Å². The third kappa shape index (κ3) is 3.57. The van der Waals surface area contributed by atoms with Crippen molar-refractivity contribution in [3.05, 3.63) is 59.9 Å². The molecule has 2 aromatic rings. The summed E-state index contributed by atoms with van der Waals surface area (Å²) in [5.74, 6) is 0.320. The van der Waals surface area contributed by atoms with E-state index in [0.29, 0.717) is 11.8 Å². The maximum atomic E-state index is 9.46. The molecule has 0 bridgehead atoms. The number of rotatable bonds is 5. The molecule has 0 fully saturated rings. The van der Waals surface area contributed by atoms with Crippen molar-refractivity contribution in [2.45, 2.75) is 18.9 Å². The SMILES string of the molecule is CNC(Cc1cccc(O)c1)Cc1ccccn1. The van der Waals surface area contributed by atoms with Crippen molar-refractivity contribution >= 4 is 0 Å². The molecule has 0 saturated heterocycles. The van der Waals surface area contributed by atoms with E-state index in [1.54, 1.807) is 6.07 Å². The van der Waals surface area contributed by atoms with Crippen molar-refractivity contribution in [2.75, 3.05) is 7.05 Å². The van der Waals surface area contributed by atoms with E-state index in [4.69, 9.17) is 0 Å². The van der Waals surface area contributed by atoms with Gasteiger partial charge in [-0.25, -0.2) is 0 Å². The Morgan fingerprint density at radius 2 is 2.06 bits per heavy atom. The quantitative estimate of drug-likeness (QED) is 0.844. The van der Waals surface area contributed by atoms with Gasteiger partial charge in [0.1, 0.15) is 5.75 Å². The average Bonchev–Trinajstić information content (AvgIpc) is 2.39. The summed E-state index contributed by atoms with van der Waals surface area (Å²) in [6.45, 7) is 0. The molecule has 2 rings (SSSR count). The Morgan fingerprint density at radius 3 is 2.72 bits per heavy atom. The van der Waals surface area contributed by atoms with Crippen molar-refractivity contribution in [3.8, 4) is 5.75 Å². The van der Waals surface area contributed by atoms with Crippen molar-refractivity contribution in [1.29, 1.82) is 0 Å². The number of phenolic OH excluding ortho intramolecular Hbond substituents is 1. The molecular formula is C15H18N2O. The minimum atomic E-state index is 0.320. The third-order valence-corrected chi connectivity index (χ3v) is 2.98. The van der Waals surface area contributed by atoms with E-state index in [1.807, 2.05) is 49.6 Å². The van der Waals surface area contributed by atoms with Gasteiger partial charge in [-0.3, -0.25) is 4.98 Å². The van der Waals surface area contributed by atoms with Gasteiger partial charge in [0.2, 0.25) is 0 Å². The van der Waals surface area contributed by atoms with Crippen LogP contribution in [0.5, 0.6) is 5.75 Å². The van der Waals surface area contributed by atoms with E-state index in [2.05, 4.69) is 10.3 Å². The first-order valence-corrected chi connectivity index (χ1v) is 6.13. The summed E-state index contributed by atoms with van der Waals surface area (Å²) in [5, 5.41) is 12.8. The zero-order valence-electron chi connectivity index (χ0n) is 10.5. The van der Waals surface area contributed by atoms with Crippen LogP contribution in [-0.2, 0) is 12.8 Å². The minimum absolute atomic E-state index is 0.320. The Balaban J connectivity index is 2.01. The third-order valence-electron chi connectivity index (χ3n) is 2.98. The monoisotopic (exact) mass is 242 g/mol. The molecule has 0 aliphatic rings. The Hall–Kier alpha value is -1.87. The maximum absolute atomic E-state index is 9.46. The molecule has 3 nitrogen and oxygen atoms in total. The first-order valence-electron chi connectivity index (χ1n) is 6.13. The van der Waals surface area contributed by atoms with Gasteiger partial charge >= 0.3 is 0 Å². The van der Waals surface area contributed by atoms with E-state index < -0.39 is 0 Å². The predicted molar refractivity (Wildman–Crippen MR) is 72.6 cm³/mol. The number of aromatic hydroxyl groups is 1. The van der Waals surface area contributed by atoms with Gasteiger partial charge in [-0.05, 0) is 43.3 Å². The van der Waals surface area contributed by atoms with Crippen LogP contribution in [0.15, 0.2) is 48.7 Å². The molecule has 2 N–H and O–H groups in total. The van der Waals surface area contributed by atoms with Crippen molar-refractivity contribution in [1.82, 2.24) is 10.3 Å². The zero-order valence-corrected chi connectivity index (χ0v) is 10.5. The number of phenols is 1. The molecule has 0 spiro atoms. The van der Waals surface area contributed by atoms with E-state index in [1.165, 1.54) is 0 Å². The second kappa shape index (κ2) is 6.17. The Kier molecular flexibility index (Phi) is 4.31. The molecule has 0 radical (unpaired) electrons. The predicted octanol–water partition coefficient (Wildman–Crippen LogP) is 2.16. The fourth-order valence-electron chi connectivity index (χ4n) is 2.02. The molecule has 0 aliphatic heterocycles. The summed E-state index contributed by atoms with van der Waals surface area (Å²) in [5.41, 5.74) is 2.21. The number of pyridine rings is 1. The van der Waals surface area contributed by atoms with Gasteiger partial charge in [0, 0.05) is 24.4 Å². The highest BCUT2D eigenvalue weighted by atomic mass is 16.3. The highest BCUT2D eigenvalue weighted by Gasteiger charge is 2.09. The van der Waals surface area contributed by atoms with Gasteiger partial charge in [-0.1, -0.05) is 18.2 Å². The second-order valence-electron chi connectivity index (χ2n) is 4.38. The number of hydrogen-bond donors (Lipinski definition) is 2. The number of aromatic nitrogens is 1. The van der Waals surface area contributed by atoms with Crippen molar-refractivity contribution in [2.24, 2.45) is 0 Å². The highest BCUT2D eigenvalue weighted by Crippen LogP contribution is 2.13. The summed E-state index contributed by atoms with van der Waals surface area (Å²) in [6, 6.07) is 13.7. The molecule has 0 amide bonds. The molecule has 0 saturated carbocycles. The Morgan fingerprint density at radius 1 is 1.17 bits per heavy atom. The lowest BCUT2D eigenvalue weighted by molar-refractivity contribution is 0.473. The van der Waals surface area contributed by atoms with Crippen LogP contribution in [0.25, 0.3) is 0 Å². The number of likely N-dealkylation sites (N-methyl/N-ethyl adjacent to an activating group) is 1. The average molecular weight is 242 g/mol. The molecule has 3 heteroatoms. The van der Waals surface area contributed by atoms with Gasteiger partial charge in [0.25, 0.3) is 0 Å². The fourth-order valence-corrected chi connectivity index (χ4v) is 2.02. The van der Waals surface area contributed by atoms with Gasteiger partial charge in [-0.2, -0.15) is 0 Å². The maximum Gasteiger partial charge on any atom is 0.115 e. The second-order valence-corrected chi connectivity index (χ2v) is 4.38. The first-order chi connectivity index (χ1) is 8.78. The summed E-state index contributed by atoms with van der Waals surface area (Å²) in [7, 11) is 1.95. The van der Waals surface area contributed by atoms with Gasteiger partial charge < -0.3 is 10.4 Å². The number of nitrogens with one attached hydrogen (secondary N) is 1. The molecule has 1 unspecified atom stereocenters. The molecule has 1 aromatic carbocycles. The van der Waals surface area contributed by atoms with Crippen LogP contribution in [0.2, 0.25) is 0 Å². The van der Waals surface area contributed by atoms with E-state index >= 15 is 0 Å². The lowest BCUT2D eigenvalue weighted by atomic mass is 10.0. The van der Waals surface area contributed by atoms with Crippen LogP contribution in [-0.4, -0.2) is 23.2 Å². The lowest BCUT2D eigenvalue weighted by Crippen LogP contribution is -2.30. The molecule has 0 aliphatic carbocycles. The number of nitrogens with zero attached hydrogens (tertiary/aromatic N) is 1. The molecule has 94 valence electrons. The van der Waals surface area contributed by atoms with Crippen LogP contribution < -0.4 is 5.32 Å². The highest BCUT2D eigenvalue weighted by molar-refractivity contribution is 5.27. The van der Waals surface area contributed by atoms with Gasteiger partial charge in [0.15, 0.2) is 0 Å². The Labute approximate surface area is 108 Å². The van der Waals surface area contributed by atoms with Crippen LogP contribution in [0.1, 0.15) is 11.3 Å². The molecule has 1 aromatic heterocycles. The lowest BCUT2D eigenvalue weighted by Gasteiger charge is -2.15. The smallest absolute Gasteiger partial charge is 0.115 e. The van der Waals surface area contributed by atoms with E-state index in [9.17, 15) is 5.11 Å².